The molecular weight excluding hydrogens is 270 g/mol. The first-order valence-electron chi connectivity index (χ1n) is 6.03. The van der Waals surface area contributed by atoms with E-state index < -0.39 is 0 Å². The molecule has 0 saturated heterocycles. The molecule has 94 valence electrons. The lowest BCUT2D eigenvalue weighted by atomic mass is 10.2. The minimum absolute atomic E-state index is 1.09. The second-order valence-electron chi connectivity index (χ2n) is 4.09. The van der Waals surface area contributed by atoms with Gasteiger partial charge in [-0.1, -0.05) is 42.1 Å². The Balaban J connectivity index is 2.08. The first-order chi connectivity index (χ1) is 9.38. The average molecular weight is 283 g/mol. The Morgan fingerprint density at radius 1 is 0.895 bits per heavy atom. The van der Waals surface area contributed by atoms with Crippen LogP contribution in [0.5, 0.6) is 0 Å². The Labute approximate surface area is 121 Å². The number of hydrogen-bond donors (Lipinski definition) is 0. The number of pyridine rings is 1. The number of fused-ring (bicyclic) bond motifs is 1. The first-order valence-corrected chi connectivity index (χ1v) is 8.07. The molecule has 3 rings (SSSR count). The van der Waals surface area contributed by atoms with Gasteiger partial charge >= 0.3 is 0 Å². The third-order valence-corrected chi connectivity index (χ3v) is 4.89. The summed E-state index contributed by atoms with van der Waals surface area (Å²) in [7, 11) is 0. The van der Waals surface area contributed by atoms with E-state index in [0.29, 0.717) is 0 Å². The van der Waals surface area contributed by atoms with Crippen molar-refractivity contribution < 1.29 is 0 Å². The summed E-state index contributed by atoms with van der Waals surface area (Å²) < 4.78 is 0. The van der Waals surface area contributed by atoms with Crippen LogP contribution in [-0.4, -0.2) is 11.2 Å². The number of nitrogens with zero attached hydrogens (tertiary/aromatic N) is 1. The third-order valence-electron chi connectivity index (χ3n) is 2.87. The van der Waals surface area contributed by atoms with Crippen molar-refractivity contribution in [1.82, 2.24) is 4.98 Å². The molecule has 0 aliphatic carbocycles. The van der Waals surface area contributed by atoms with Gasteiger partial charge in [0.1, 0.15) is 0 Å². The van der Waals surface area contributed by atoms with Crippen LogP contribution < -0.4 is 0 Å². The second kappa shape index (κ2) is 5.68. The average Bonchev–Trinajstić information content (AvgIpc) is 2.48. The first kappa shape index (κ1) is 12.6. The summed E-state index contributed by atoms with van der Waals surface area (Å²) in [6.07, 6.45) is 3.97. The van der Waals surface area contributed by atoms with Crippen molar-refractivity contribution in [3.05, 3.63) is 60.8 Å². The molecular formula is C16H13NS2. The van der Waals surface area contributed by atoms with E-state index in [4.69, 9.17) is 0 Å². The molecule has 0 saturated carbocycles. The van der Waals surface area contributed by atoms with Gasteiger partial charge in [-0.15, -0.1) is 11.8 Å². The quantitative estimate of drug-likeness (QED) is 0.620. The lowest BCUT2D eigenvalue weighted by Gasteiger charge is -2.09. The number of rotatable bonds is 3. The zero-order chi connectivity index (χ0) is 13.1. The molecule has 0 unspecified atom stereocenters. The largest absolute Gasteiger partial charge is 0.255 e. The van der Waals surface area contributed by atoms with E-state index in [9.17, 15) is 0 Å². The van der Waals surface area contributed by atoms with Crippen molar-refractivity contribution in [2.24, 2.45) is 0 Å². The topological polar surface area (TPSA) is 12.9 Å². The van der Waals surface area contributed by atoms with Crippen LogP contribution in [0.2, 0.25) is 0 Å². The predicted octanol–water partition coefficient (Wildman–Crippen LogP) is 5.11. The predicted molar refractivity (Wildman–Crippen MR) is 84.1 cm³/mol. The molecule has 0 atom stereocenters. The fourth-order valence-electron chi connectivity index (χ4n) is 1.99. The van der Waals surface area contributed by atoms with E-state index in [1.54, 1.807) is 23.5 Å². The molecule has 0 bridgehead atoms. The maximum Gasteiger partial charge on any atom is 0.0849 e. The van der Waals surface area contributed by atoms with Gasteiger partial charge in [0, 0.05) is 26.3 Å². The van der Waals surface area contributed by atoms with E-state index in [-0.39, 0.29) is 0 Å². The van der Waals surface area contributed by atoms with Gasteiger partial charge in [-0.25, -0.2) is 0 Å². The van der Waals surface area contributed by atoms with Crippen molar-refractivity contribution in [1.29, 1.82) is 0 Å². The summed E-state index contributed by atoms with van der Waals surface area (Å²) in [6, 6.07) is 18.9. The van der Waals surface area contributed by atoms with Gasteiger partial charge in [0.15, 0.2) is 0 Å². The van der Waals surface area contributed by atoms with E-state index in [0.717, 1.165) is 5.52 Å². The molecule has 3 heteroatoms. The highest BCUT2D eigenvalue weighted by molar-refractivity contribution is 8.02. The summed E-state index contributed by atoms with van der Waals surface area (Å²) in [6.45, 7) is 0. The van der Waals surface area contributed by atoms with Crippen LogP contribution >= 0.6 is 23.5 Å². The van der Waals surface area contributed by atoms with Gasteiger partial charge < -0.3 is 0 Å². The number of hydrogen-bond acceptors (Lipinski definition) is 3. The highest BCUT2D eigenvalue weighted by Gasteiger charge is 2.09. The summed E-state index contributed by atoms with van der Waals surface area (Å²) in [5.74, 6) is 0. The van der Waals surface area contributed by atoms with Crippen LogP contribution in [0.1, 0.15) is 0 Å². The Hall–Kier alpha value is -1.45. The van der Waals surface area contributed by atoms with E-state index >= 15 is 0 Å². The molecule has 0 amide bonds. The van der Waals surface area contributed by atoms with Crippen molar-refractivity contribution >= 4 is 34.4 Å². The Kier molecular flexibility index (Phi) is 3.76. The van der Waals surface area contributed by atoms with Gasteiger partial charge in [0.25, 0.3) is 0 Å². The third kappa shape index (κ3) is 2.62. The van der Waals surface area contributed by atoms with Crippen molar-refractivity contribution in [3.63, 3.8) is 0 Å². The Morgan fingerprint density at radius 3 is 2.53 bits per heavy atom. The smallest absolute Gasteiger partial charge is 0.0849 e. The van der Waals surface area contributed by atoms with Gasteiger partial charge in [-0.2, -0.15) is 0 Å². The highest BCUT2D eigenvalue weighted by atomic mass is 32.2. The van der Waals surface area contributed by atoms with Crippen molar-refractivity contribution in [3.8, 4) is 0 Å². The Bertz CT molecular complexity index is 695. The fraction of sp³-hybridized carbons (Fsp3) is 0.0625. The lowest BCUT2D eigenvalue weighted by molar-refractivity contribution is 1.24. The summed E-state index contributed by atoms with van der Waals surface area (Å²) in [4.78, 5) is 8.30. The second-order valence-corrected chi connectivity index (χ2v) is 6.02. The molecule has 0 N–H and O–H groups in total. The zero-order valence-electron chi connectivity index (χ0n) is 10.5. The SMILES string of the molecule is CSc1c(Sc2ccccc2)ccc2cccnc12. The summed E-state index contributed by atoms with van der Waals surface area (Å²) in [5, 5.41) is 1.20. The fourth-order valence-corrected chi connectivity index (χ4v) is 3.87. The van der Waals surface area contributed by atoms with Crippen LogP contribution in [0, 0.1) is 0 Å². The van der Waals surface area contributed by atoms with E-state index in [1.165, 1.54) is 20.1 Å². The maximum atomic E-state index is 4.52. The van der Waals surface area contributed by atoms with Crippen molar-refractivity contribution in [2.45, 2.75) is 14.7 Å². The molecule has 0 aliphatic heterocycles. The molecule has 1 nitrogen and oxygen atoms in total. The molecule has 0 radical (unpaired) electrons. The van der Waals surface area contributed by atoms with Gasteiger partial charge in [0.2, 0.25) is 0 Å². The van der Waals surface area contributed by atoms with Gasteiger partial charge in [0.05, 0.1) is 5.52 Å². The van der Waals surface area contributed by atoms with Gasteiger partial charge in [-0.3, -0.25) is 4.98 Å². The molecule has 0 spiro atoms. The molecule has 1 aromatic heterocycles. The highest BCUT2D eigenvalue weighted by Crippen LogP contribution is 2.38. The normalized spacial score (nSPS) is 10.8. The standard InChI is InChI=1S/C16H13NS2/c1-18-16-14(19-13-7-3-2-4-8-13)10-9-12-6-5-11-17-15(12)16/h2-11H,1H3. The van der Waals surface area contributed by atoms with Crippen molar-refractivity contribution in [2.75, 3.05) is 6.26 Å². The molecule has 1 heterocycles. The number of benzene rings is 2. The lowest BCUT2D eigenvalue weighted by Crippen LogP contribution is -1.85. The van der Waals surface area contributed by atoms with E-state index in [1.807, 2.05) is 18.3 Å². The molecule has 0 aliphatic rings. The number of aromatic nitrogens is 1. The van der Waals surface area contributed by atoms with Crippen LogP contribution in [0.4, 0.5) is 0 Å². The minimum atomic E-state index is 1.09. The van der Waals surface area contributed by atoms with Crippen LogP contribution in [0.15, 0.2) is 75.5 Å². The summed E-state index contributed by atoms with van der Waals surface area (Å²) >= 11 is 3.55. The van der Waals surface area contributed by atoms with E-state index in [2.05, 4.69) is 53.7 Å². The monoisotopic (exact) mass is 283 g/mol. The van der Waals surface area contributed by atoms with Crippen LogP contribution in [0.3, 0.4) is 0 Å². The summed E-state index contributed by atoms with van der Waals surface area (Å²) in [5.41, 5.74) is 1.09. The number of thioether (sulfide) groups is 1. The molecule has 2 aromatic carbocycles. The molecule has 19 heavy (non-hydrogen) atoms. The maximum absolute atomic E-state index is 4.52. The van der Waals surface area contributed by atoms with Gasteiger partial charge in [-0.05, 0) is 30.5 Å². The van der Waals surface area contributed by atoms with Crippen LogP contribution in [-0.2, 0) is 0 Å². The Morgan fingerprint density at radius 2 is 1.74 bits per heavy atom. The molecule has 0 fully saturated rings. The van der Waals surface area contributed by atoms with Crippen LogP contribution in [0.25, 0.3) is 10.9 Å². The molecule has 3 aromatic rings. The minimum Gasteiger partial charge on any atom is -0.255 e. The zero-order valence-corrected chi connectivity index (χ0v) is 12.2.